The van der Waals surface area contributed by atoms with Gasteiger partial charge in [-0.15, -0.1) is 0 Å². The Morgan fingerprint density at radius 2 is 1.72 bits per heavy atom. The molecule has 0 fully saturated rings. The van der Waals surface area contributed by atoms with Crippen LogP contribution in [0, 0.1) is 6.92 Å². The number of rotatable bonds is 7. The highest BCUT2D eigenvalue weighted by Gasteiger charge is 2.04. The highest BCUT2D eigenvalue weighted by atomic mass is 16.5. The fraction of sp³-hybridized carbons (Fsp3) is 0.200. The molecular weight excluding hydrogens is 318 g/mol. The van der Waals surface area contributed by atoms with Crippen LogP contribution in [0.15, 0.2) is 60.7 Å². The normalized spacial score (nSPS) is 10.5. The van der Waals surface area contributed by atoms with Crippen molar-refractivity contribution in [3.63, 3.8) is 0 Å². The first-order chi connectivity index (χ1) is 12.1. The Morgan fingerprint density at radius 3 is 2.36 bits per heavy atom. The summed E-state index contributed by atoms with van der Waals surface area (Å²) >= 11 is 0. The molecule has 0 radical (unpaired) electrons. The lowest BCUT2D eigenvalue weighted by Gasteiger charge is -2.07. The minimum absolute atomic E-state index is 0.208. The molecule has 25 heavy (non-hydrogen) atoms. The van der Waals surface area contributed by atoms with E-state index in [0.29, 0.717) is 12.2 Å². The molecule has 0 heterocycles. The summed E-state index contributed by atoms with van der Waals surface area (Å²) in [5.41, 5.74) is 2.71. The van der Waals surface area contributed by atoms with E-state index in [-0.39, 0.29) is 12.5 Å². The summed E-state index contributed by atoms with van der Waals surface area (Å²) in [5.74, 6) is 0.150. The van der Waals surface area contributed by atoms with Crippen molar-refractivity contribution in [1.82, 2.24) is 5.32 Å². The van der Waals surface area contributed by atoms with Gasteiger partial charge in [-0.05, 0) is 36.8 Å². The van der Waals surface area contributed by atoms with Crippen LogP contribution in [0.4, 0.5) is 0 Å². The number of aryl methyl sites for hydroxylation is 1. The van der Waals surface area contributed by atoms with Gasteiger partial charge in [0.25, 0.3) is 5.91 Å². The largest absolute Gasteiger partial charge is 0.489 e. The fourth-order valence-electron chi connectivity index (χ4n) is 2.03. The minimum atomic E-state index is -0.452. The van der Waals surface area contributed by atoms with Crippen LogP contribution >= 0.6 is 0 Å². The van der Waals surface area contributed by atoms with E-state index in [9.17, 15) is 9.59 Å². The van der Waals surface area contributed by atoms with Gasteiger partial charge in [0.1, 0.15) is 12.4 Å². The lowest BCUT2D eigenvalue weighted by Crippen LogP contribution is -2.23. The Bertz CT molecular complexity index is 733. The van der Waals surface area contributed by atoms with Crippen LogP contribution in [0.5, 0.6) is 5.75 Å². The first kappa shape index (κ1) is 18.3. The molecule has 130 valence electrons. The quantitative estimate of drug-likeness (QED) is 0.622. The maximum absolute atomic E-state index is 12.0. The zero-order chi connectivity index (χ0) is 18.1. The zero-order valence-corrected chi connectivity index (χ0v) is 14.3. The molecule has 0 unspecified atom stereocenters. The van der Waals surface area contributed by atoms with Gasteiger partial charge in [0, 0.05) is 18.2 Å². The van der Waals surface area contributed by atoms with E-state index in [4.69, 9.17) is 4.74 Å². The third-order valence-corrected chi connectivity index (χ3v) is 3.48. The van der Waals surface area contributed by atoms with Crippen LogP contribution in [-0.2, 0) is 16.1 Å². The Labute approximate surface area is 147 Å². The molecule has 2 aromatic rings. The van der Waals surface area contributed by atoms with Gasteiger partial charge >= 0.3 is 5.97 Å². The van der Waals surface area contributed by atoms with E-state index in [0.717, 1.165) is 11.3 Å². The number of hydrogen-bond acceptors (Lipinski definition) is 4. The van der Waals surface area contributed by atoms with Gasteiger partial charge in [0.15, 0.2) is 0 Å². The van der Waals surface area contributed by atoms with Crippen LogP contribution < -0.4 is 10.1 Å². The van der Waals surface area contributed by atoms with E-state index in [1.165, 1.54) is 24.8 Å². The molecule has 5 nitrogen and oxygen atoms in total. The van der Waals surface area contributed by atoms with Gasteiger partial charge in [-0.3, -0.25) is 4.79 Å². The van der Waals surface area contributed by atoms with E-state index in [1.807, 2.05) is 43.3 Å². The Morgan fingerprint density at radius 1 is 1.04 bits per heavy atom. The predicted octanol–water partition coefficient (Wildman–Crippen LogP) is 3.03. The summed E-state index contributed by atoms with van der Waals surface area (Å²) in [6.07, 6.45) is 2.80. The van der Waals surface area contributed by atoms with Gasteiger partial charge in [-0.25, -0.2) is 4.79 Å². The smallest absolute Gasteiger partial charge is 0.330 e. The van der Waals surface area contributed by atoms with Crippen molar-refractivity contribution >= 4 is 11.9 Å². The minimum Gasteiger partial charge on any atom is -0.489 e. The van der Waals surface area contributed by atoms with E-state index in [2.05, 4.69) is 10.1 Å². The van der Waals surface area contributed by atoms with Crippen LogP contribution in [0.3, 0.4) is 0 Å². The number of benzene rings is 2. The molecule has 0 aliphatic heterocycles. The summed E-state index contributed by atoms with van der Waals surface area (Å²) in [6.45, 7) is 2.72. The van der Waals surface area contributed by atoms with Crippen molar-refractivity contribution in [2.45, 2.75) is 13.5 Å². The number of methoxy groups -OCH3 is 1. The monoisotopic (exact) mass is 339 g/mol. The number of nitrogens with one attached hydrogen (secondary N) is 1. The van der Waals surface area contributed by atoms with Crippen molar-refractivity contribution in [2.24, 2.45) is 0 Å². The Balaban J connectivity index is 1.82. The fourth-order valence-corrected chi connectivity index (χ4v) is 2.03. The van der Waals surface area contributed by atoms with Crippen molar-refractivity contribution < 1.29 is 19.1 Å². The predicted molar refractivity (Wildman–Crippen MR) is 95.4 cm³/mol. The summed E-state index contributed by atoms with van der Waals surface area (Å²) in [6, 6.07) is 15.0. The molecule has 0 spiro atoms. The molecular formula is C20H21NO4. The molecule has 0 aliphatic carbocycles. The Hall–Kier alpha value is -3.08. The van der Waals surface area contributed by atoms with Crippen molar-refractivity contribution in [3.8, 4) is 5.75 Å². The number of esters is 1. The average Bonchev–Trinajstić information content (AvgIpc) is 2.64. The number of carbonyl (C=O) groups is 2. The summed E-state index contributed by atoms with van der Waals surface area (Å²) in [7, 11) is 1.30. The molecule has 0 atom stereocenters. The second kappa shape index (κ2) is 9.27. The van der Waals surface area contributed by atoms with Gasteiger partial charge in [-0.2, -0.15) is 0 Å². The highest BCUT2D eigenvalue weighted by Crippen LogP contribution is 2.14. The van der Waals surface area contributed by atoms with Crippen LogP contribution in [-0.4, -0.2) is 25.5 Å². The average molecular weight is 339 g/mol. The van der Waals surface area contributed by atoms with Crippen molar-refractivity contribution in [1.29, 1.82) is 0 Å². The van der Waals surface area contributed by atoms with Crippen LogP contribution in [0.1, 0.15) is 21.5 Å². The number of hydrogen-bond donors (Lipinski definition) is 1. The lowest BCUT2D eigenvalue weighted by molar-refractivity contribution is -0.134. The first-order valence-electron chi connectivity index (χ1n) is 7.89. The molecule has 0 aromatic heterocycles. The summed E-state index contributed by atoms with van der Waals surface area (Å²) < 4.78 is 10.2. The molecule has 1 N–H and O–H groups in total. The zero-order valence-electron chi connectivity index (χ0n) is 14.3. The van der Waals surface area contributed by atoms with Gasteiger partial charge < -0.3 is 14.8 Å². The lowest BCUT2D eigenvalue weighted by atomic mass is 10.1. The van der Waals surface area contributed by atoms with Crippen LogP contribution in [0.25, 0.3) is 0 Å². The van der Waals surface area contributed by atoms with Crippen molar-refractivity contribution in [2.75, 3.05) is 13.7 Å². The standard InChI is InChI=1S/C20H21NO4/c1-15-5-11-18(12-6-15)25-14-16-7-9-17(10-8-16)20(23)21-13-3-4-19(22)24-2/h3-12H,13-14H2,1-2H3,(H,21,23)/b4-3+. The molecule has 0 saturated heterocycles. The number of ether oxygens (including phenoxy) is 2. The SMILES string of the molecule is COC(=O)/C=C/CNC(=O)c1ccc(COc2ccc(C)cc2)cc1. The van der Waals surface area contributed by atoms with Crippen molar-refractivity contribution in [3.05, 3.63) is 77.4 Å². The molecule has 1 amide bonds. The third-order valence-electron chi connectivity index (χ3n) is 3.48. The maximum atomic E-state index is 12.0. The van der Waals surface area contributed by atoms with Gasteiger partial charge in [0.05, 0.1) is 7.11 Å². The summed E-state index contributed by atoms with van der Waals surface area (Å²) in [5, 5.41) is 2.70. The number of carbonyl (C=O) groups excluding carboxylic acids is 2. The van der Waals surface area contributed by atoms with E-state index >= 15 is 0 Å². The second-order valence-electron chi connectivity index (χ2n) is 5.43. The molecule has 2 rings (SSSR count). The molecule has 0 aliphatic rings. The second-order valence-corrected chi connectivity index (χ2v) is 5.43. The highest BCUT2D eigenvalue weighted by molar-refractivity contribution is 5.94. The molecule has 5 heteroatoms. The molecule has 0 saturated carbocycles. The van der Waals surface area contributed by atoms with E-state index in [1.54, 1.807) is 12.1 Å². The Kier molecular flexibility index (Phi) is 6.77. The third kappa shape index (κ3) is 6.14. The number of amides is 1. The molecule has 0 bridgehead atoms. The molecule has 2 aromatic carbocycles. The van der Waals surface area contributed by atoms with E-state index < -0.39 is 5.97 Å². The first-order valence-corrected chi connectivity index (χ1v) is 7.89. The maximum Gasteiger partial charge on any atom is 0.330 e. The topological polar surface area (TPSA) is 64.6 Å². The van der Waals surface area contributed by atoms with Gasteiger partial charge in [-0.1, -0.05) is 35.9 Å². The van der Waals surface area contributed by atoms with Crippen LogP contribution in [0.2, 0.25) is 0 Å². The summed E-state index contributed by atoms with van der Waals surface area (Å²) in [4.78, 5) is 22.9. The van der Waals surface area contributed by atoms with Gasteiger partial charge in [0.2, 0.25) is 0 Å².